The molecule has 3 aromatic rings. The molecule has 4 rings (SSSR count). The van der Waals surface area contributed by atoms with Crippen LogP contribution in [0.15, 0.2) is 48.8 Å². The van der Waals surface area contributed by atoms with E-state index in [1.807, 2.05) is 25.3 Å². The van der Waals surface area contributed by atoms with Crippen molar-refractivity contribution in [1.82, 2.24) is 24.6 Å². The normalized spacial score (nSPS) is 14.4. The Labute approximate surface area is 156 Å². The number of hydrogen-bond donors (Lipinski definition) is 0. The molecule has 0 N–H and O–H groups in total. The first-order valence-corrected chi connectivity index (χ1v) is 8.76. The van der Waals surface area contributed by atoms with Gasteiger partial charge in [-0.1, -0.05) is 6.07 Å². The van der Waals surface area contributed by atoms with Gasteiger partial charge in [0.2, 0.25) is 0 Å². The van der Waals surface area contributed by atoms with Crippen LogP contribution in [0.5, 0.6) is 0 Å². The lowest BCUT2D eigenvalue weighted by molar-refractivity contribution is 0.0746. The first kappa shape index (κ1) is 17.1. The fraction of sp³-hybridized carbons (Fsp3) is 0.263. The minimum atomic E-state index is -0.401. The van der Waals surface area contributed by atoms with Gasteiger partial charge in [-0.25, -0.2) is 19.0 Å². The fourth-order valence-electron chi connectivity index (χ4n) is 3.16. The molecule has 1 saturated heterocycles. The molecule has 0 bridgehead atoms. The van der Waals surface area contributed by atoms with Gasteiger partial charge in [0, 0.05) is 50.2 Å². The molecule has 0 radical (unpaired) electrons. The third-order valence-corrected chi connectivity index (χ3v) is 4.51. The third-order valence-electron chi connectivity index (χ3n) is 4.51. The van der Waals surface area contributed by atoms with Gasteiger partial charge in [0.05, 0.1) is 0 Å². The molecular formula is C19H19FN6O. The summed E-state index contributed by atoms with van der Waals surface area (Å²) in [6.07, 6.45) is 3.54. The summed E-state index contributed by atoms with van der Waals surface area (Å²) in [5.74, 6) is 1.63. The van der Waals surface area contributed by atoms with E-state index < -0.39 is 5.82 Å². The second-order valence-corrected chi connectivity index (χ2v) is 6.37. The molecule has 0 unspecified atom stereocenters. The number of benzene rings is 1. The van der Waals surface area contributed by atoms with Gasteiger partial charge in [0.1, 0.15) is 17.5 Å². The number of hydrogen-bond acceptors (Lipinski definition) is 5. The summed E-state index contributed by atoms with van der Waals surface area (Å²) in [4.78, 5) is 25.4. The van der Waals surface area contributed by atoms with Crippen molar-refractivity contribution in [3.05, 3.63) is 66.0 Å². The van der Waals surface area contributed by atoms with Gasteiger partial charge in [-0.3, -0.25) is 4.79 Å². The summed E-state index contributed by atoms with van der Waals surface area (Å²) in [6.45, 7) is 4.25. The molecule has 138 valence electrons. The van der Waals surface area contributed by atoms with Crippen LogP contribution in [0.25, 0.3) is 5.82 Å². The average Bonchev–Trinajstić information content (AvgIpc) is 3.22. The van der Waals surface area contributed by atoms with Crippen molar-refractivity contribution < 1.29 is 9.18 Å². The van der Waals surface area contributed by atoms with E-state index >= 15 is 0 Å². The zero-order chi connectivity index (χ0) is 18.8. The van der Waals surface area contributed by atoms with E-state index in [0.29, 0.717) is 43.4 Å². The lowest BCUT2D eigenvalue weighted by Gasteiger charge is -2.35. The molecule has 1 aliphatic heterocycles. The number of anilines is 1. The van der Waals surface area contributed by atoms with Gasteiger partial charge >= 0.3 is 0 Å². The zero-order valence-corrected chi connectivity index (χ0v) is 14.9. The fourth-order valence-corrected chi connectivity index (χ4v) is 3.16. The molecule has 3 heterocycles. The van der Waals surface area contributed by atoms with Crippen LogP contribution in [-0.2, 0) is 0 Å². The summed E-state index contributed by atoms with van der Waals surface area (Å²) in [7, 11) is 0. The minimum Gasteiger partial charge on any atom is -0.353 e. The molecule has 27 heavy (non-hydrogen) atoms. The highest BCUT2D eigenvalue weighted by Gasteiger charge is 2.23. The van der Waals surface area contributed by atoms with Crippen LogP contribution < -0.4 is 4.90 Å². The maximum Gasteiger partial charge on any atom is 0.254 e. The second-order valence-electron chi connectivity index (χ2n) is 6.37. The Morgan fingerprint density at radius 3 is 2.52 bits per heavy atom. The van der Waals surface area contributed by atoms with Crippen LogP contribution in [0.2, 0.25) is 0 Å². The lowest BCUT2D eigenvalue weighted by atomic mass is 10.1. The Hall–Kier alpha value is -3.29. The van der Waals surface area contributed by atoms with Gasteiger partial charge in [0.25, 0.3) is 5.91 Å². The quantitative estimate of drug-likeness (QED) is 0.710. The number of piperazine rings is 1. The van der Waals surface area contributed by atoms with Gasteiger partial charge in [-0.2, -0.15) is 5.10 Å². The van der Waals surface area contributed by atoms with Gasteiger partial charge in [-0.05, 0) is 31.2 Å². The molecule has 0 atom stereocenters. The Balaban J connectivity index is 1.47. The second kappa shape index (κ2) is 7.14. The van der Waals surface area contributed by atoms with E-state index in [1.54, 1.807) is 27.9 Å². The van der Waals surface area contributed by atoms with Crippen LogP contribution in [0.4, 0.5) is 10.2 Å². The smallest absolute Gasteiger partial charge is 0.254 e. The van der Waals surface area contributed by atoms with E-state index in [-0.39, 0.29) is 5.91 Å². The molecule has 1 aliphatic rings. The highest BCUT2D eigenvalue weighted by molar-refractivity contribution is 5.94. The topological polar surface area (TPSA) is 67.2 Å². The molecule has 1 fully saturated rings. The third kappa shape index (κ3) is 3.64. The first-order chi connectivity index (χ1) is 13.1. The van der Waals surface area contributed by atoms with Crippen LogP contribution in [-0.4, -0.2) is 56.7 Å². The summed E-state index contributed by atoms with van der Waals surface area (Å²) < 4.78 is 15.1. The molecule has 1 aromatic carbocycles. The van der Waals surface area contributed by atoms with Gasteiger partial charge in [-0.15, -0.1) is 0 Å². The van der Waals surface area contributed by atoms with Crippen LogP contribution in [0.3, 0.4) is 0 Å². The summed E-state index contributed by atoms with van der Waals surface area (Å²) in [5, 5.41) is 4.21. The number of amides is 1. The SMILES string of the molecule is Cc1nc(N2CCN(C(=O)c3cccc(F)c3)CC2)cc(-n2cccn2)n1. The Morgan fingerprint density at radius 1 is 1.04 bits per heavy atom. The molecule has 0 spiro atoms. The van der Waals surface area contributed by atoms with E-state index in [4.69, 9.17) is 0 Å². The van der Waals surface area contributed by atoms with E-state index in [0.717, 1.165) is 5.82 Å². The highest BCUT2D eigenvalue weighted by Crippen LogP contribution is 2.18. The maximum absolute atomic E-state index is 13.4. The number of carbonyl (C=O) groups excluding carboxylic acids is 1. The van der Waals surface area contributed by atoms with E-state index in [2.05, 4.69) is 20.0 Å². The number of rotatable bonds is 3. The molecular weight excluding hydrogens is 347 g/mol. The predicted molar refractivity (Wildman–Crippen MR) is 98.4 cm³/mol. The Morgan fingerprint density at radius 2 is 1.81 bits per heavy atom. The molecule has 0 aliphatic carbocycles. The molecule has 1 amide bonds. The standard InChI is InChI=1S/C19H19FN6O/c1-14-22-17(13-18(23-14)26-7-3-6-21-26)24-8-10-25(11-9-24)19(27)15-4-2-5-16(20)12-15/h2-7,12-13H,8-11H2,1H3. The Kier molecular flexibility index (Phi) is 4.53. The average molecular weight is 366 g/mol. The van der Waals surface area contributed by atoms with Crippen molar-refractivity contribution in [2.45, 2.75) is 6.92 Å². The number of carbonyl (C=O) groups is 1. The number of aryl methyl sites for hydroxylation is 1. The van der Waals surface area contributed by atoms with Crippen molar-refractivity contribution in [1.29, 1.82) is 0 Å². The Bertz CT molecular complexity index is 951. The molecule has 0 saturated carbocycles. The summed E-state index contributed by atoms with van der Waals surface area (Å²) >= 11 is 0. The monoisotopic (exact) mass is 366 g/mol. The summed E-state index contributed by atoms with van der Waals surface area (Å²) in [6, 6.07) is 9.54. The molecule has 2 aromatic heterocycles. The van der Waals surface area contributed by atoms with Crippen LogP contribution >= 0.6 is 0 Å². The van der Waals surface area contributed by atoms with E-state index in [9.17, 15) is 9.18 Å². The van der Waals surface area contributed by atoms with Gasteiger partial charge < -0.3 is 9.80 Å². The summed E-state index contributed by atoms with van der Waals surface area (Å²) in [5.41, 5.74) is 0.377. The van der Waals surface area contributed by atoms with Crippen LogP contribution in [0.1, 0.15) is 16.2 Å². The number of halogens is 1. The number of nitrogens with zero attached hydrogens (tertiary/aromatic N) is 6. The highest BCUT2D eigenvalue weighted by atomic mass is 19.1. The molecule has 8 heteroatoms. The maximum atomic E-state index is 13.4. The van der Waals surface area contributed by atoms with Crippen molar-refractivity contribution in [2.75, 3.05) is 31.1 Å². The minimum absolute atomic E-state index is 0.148. The first-order valence-electron chi connectivity index (χ1n) is 8.76. The van der Waals surface area contributed by atoms with Crippen LogP contribution in [0, 0.1) is 12.7 Å². The molecule has 7 nitrogen and oxygen atoms in total. The van der Waals surface area contributed by atoms with Crippen molar-refractivity contribution in [3.8, 4) is 5.82 Å². The lowest BCUT2D eigenvalue weighted by Crippen LogP contribution is -2.49. The van der Waals surface area contributed by atoms with Crippen molar-refractivity contribution in [3.63, 3.8) is 0 Å². The largest absolute Gasteiger partial charge is 0.353 e. The van der Waals surface area contributed by atoms with Crippen molar-refractivity contribution >= 4 is 11.7 Å². The van der Waals surface area contributed by atoms with Crippen molar-refractivity contribution in [2.24, 2.45) is 0 Å². The zero-order valence-electron chi connectivity index (χ0n) is 14.9. The van der Waals surface area contributed by atoms with Gasteiger partial charge in [0.15, 0.2) is 5.82 Å². The predicted octanol–water partition coefficient (Wildman–Crippen LogP) is 2.07. The number of aromatic nitrogens is 4. The van der Waals surface area contributed by atoms with E-state index in [1.165, 1.54) is 12.1 Å².